The molecular formula is C7H9BrN2O. The highest BCUT2D eigenvalue weighted by molar-refractivity contribution is 9.10. The van der Waals surface area contributed by atoms with Crippen LogP contribution in [-0.4, -0.2) is 16.6 Å². The van der Waals surface area contributed by atoms with Crippen molar-refractivity contribution in [3.63, 3.8) is 0 Å². The van der Waals surface area contributed by atoms with Crippen LogP contribution in [0.15, 0.2) is 17.0 Å². The molecular weight excluding hydrogens is 208 g/mol. The highest BCUT2D eigenvalue weighted by Gasteiger charge is 1.99. The third-order valence-electron chi connectivity index (χ3n) is 1.08. The molecule has 0 N–H and O–H groups in total. The Bertz CT molecular complexity index is 229. The van der Waals surface area contributed by atoms with Crippen molar-refractivity contribution in [3.05, 3.63) is 17.0 Å². The number of rotatable bonds is 3. The molecule has 0 amide bonds. The van der Waals surface area contributed by atoms with E-state index in [1.807, 2.05) is 0 Å². The summed E-state index contributed by atoms with van der Waals surface area (Å²) in [4.78, 5) is 7.75. The molecule has 3 nitrogen and oxygen atoms in total. The molecule has 1 aromatic rings. The Morgan fingerprint density at radius 3 is 3.09 bits per heavy atom. The van der Waals surface area contributed by atoms with Crippen molar-refractivity contribution in [2.75, 3.05) is 6.61 Å². The molecule has 60 valence electrons. The molecule has 1 heterocycles. The number of aromatic nitrogens is 2. The van der Waals surface area contributed by atoms with Crippen LogP contribution < -0.4 is 4.74 Å². The highest BCUT2D eigenvalue weighted by atomic mass is 79.9. The van der Waals surface area contributed by atoms with Gasteiger partial charge in [0.05, 0.1) is 11.1 Å². The monoisotopic (exact) mass is 216 g/mol. The molecule has 0 atom stereocenters. The summed E-state index contributed by atoms with van der Waals surface area (Å²) in [6.07, 6.45) is 4.12. The summed E-state index contributed by atoms with van der Waals surface area (Å²) >= 11 is 3.28. The van der Waals surface area contributed by atoms with Gasteiger partial charge in [0.25, 0.3) is 0 Å². The molecule has 11 heavy (non-hydrogen) atoms. The standard InChI is InChI=1S/C7H9BrN2O/c1-2-3-11-7-6(8)4-9-5-10-7/h4-5H,2-3H2,1H3. The summed E-state index contributed by atoms with van der Waals surface area (Å²) in [7, 11) is 0. The normalized spacial score (nSPS) is 9.64. The van der Waals surface area contributed by atoms with Gasteiger partial charge in [-0.15, -0.1) is 0 Å². The summed E-state index contributed by atoms with van der Waals surface area (Å²) in [6, 6.07) is 0. The van der Waals surface area contributed by atoms with Gasteiger partial charge in [0.1, 0.15) is 6.33 Å². The Hall–Kier alpha value is -0.640. The van der Waals surface area contributed by atoms with Crippen molar-refractivity contribution in [1.82, 2.24) is 9.97 Å². The molecule has 0 bridgehead atoms. The van der Waals surface area contributed by atoms with Gasteiger partial charge in [-0.3, -0.25) is 0 Å². The number of hydrogen-bond acceptors (Lipinski definition) is 3. The lowest BCUT2D eigenvalue weighted by molar-refractivity contribution is 0.302. The smallest absolute Gasteiger partial charge is 0.231 e. The molecule has 0 saturated heterocycles. The van der Waals surface area contributed by atoms with E-state index in [2.05, 4.69) is 32.8 Å². The summed E-state index contributed by atoms with van der Waals surface area (Å²) < 4.78 is 6.09. The fraction of sp³-hybridized carbons (Fsp3) is 0.429. The Morgan fingerprint density at radius 2 is 2.45 bits per heavy atom. The van der Waals surface area contributed by atoms with Crippen molar-refractivity contribution in [1.29, 1.82) is 0 Å². The molecule has 1 rings (SSSR count). The summed E-state index contributed by atoms with van der Waals surface area (Å²) in [5.74, 6) is 0.613. The first-order valence-corrected chi connectivity index (χ1v) is 4.22. The fourth-order valence-corrected chi connectivity index (χ4v) is 0.941. The quantitative estimate of drug-likeness (QED) is 0.776. The highest BCUT2D eigenvalue weighted by Crippen LogP contribution is 2.19. The maximum Gasteiger partial charge on any atom is 0.231 e. The minimum Gasteiger partial charge on any atom is -0.477 e. The first-order valence-electron chi connectivity index (χ1n) is 3.43. The van der Waals surface area contributed by atoms with Crippen LogP contribution in [0.2, 0.25) is 0 Å². The zero-order valence-corrected chi connectivity index (χ0v) is 7.84. The number of hydrogen-bond donors (Lipinski definition) is 0. The Balaban J connectivity index is 2.62. The zero-order chi connectivity index (χ0) is 8.10. The van der Waals surface area contributed by atoms with Crippen molar-refractivity contribution < 1.29 is 4.74 Å². The lowest BCUT2D eigenvalue weighted by atomic mass is 10.5. The van der Waals surface area contributed by atoms with Crippen molar-refractivity contribution >= 4 is 15.9 Å². The van der Waals surface area contributed by atoms with Crippen LogP contribution in [0.4, 0.5) is 0 Å². The van der Waals surface area contributed by atoms with Gasteiger partial charge in [-0.1, -0.05) is 6.92 Å². The second-order valence-electron chi connectivity index (χ2n) is 2.02. The zero-order valence-electron chi connectivity index (χ0n) is 6.25. The molecule has 4 heteroatoms. The lowest BCUT2D eigenvalue weighted by Crippen LogP contribution is -1.97. The molecule has 0 aliphatic carbocycles. The average molecular weight is 217 g/mol. The largest absolute Gasteiger partial charge is 0.477 e. The van der Waals surface area contributed by atoms with E-state index >= 15 is 0 Å². The predicted molar refractivity (Wildman–Crippen MR) is 45.5 cm³/mol. The topological polar surface area (TPSA) is 35.0 Å². The number of ether oxygens (including phenoxy) is 1. The molecule has 0 aliphatic rings. The van der Waals surface area contributed by atoms with Crippen LogP contribution in [0.5, 0.6) is 5.88 Å². The maximum atomic E-state index is 5.29. The number of halogens is 1. The van der Waals surface area contributed by atoms with E-state index in [1.165, 1.54) is 6.33 Å². The minimum atomic E-state index is 0.613. The van der Waals surface area contributed by atoms with Crippen LogP contribution >= 0.6 is 15.9 Å². The maximum absolute atomic E-state index is 5.29. The number of nitrogens with zero attached hydrogens (tertiary/aromatic N) is 2. The second-order valence-corrected chi connectivity index (χ2v) is 2.88. The average Bonchev–Trinajstić information content (AvgIpc) is 2.03. The van der Waals surface area contributed by atoms with E-state index in [4.69, 9.17) is 4.74 Å². The molecule has 0 fully saturated rings. The van der Waals surface area contributed by atoms with Crippen LogP contribution in [0, 0.1) is 0 Å². The lowest BCUT2D eigenvalue weighted by Gasteiger charge is -2.02. The van der Waals surface area contributed by atoms with E-state index in [1.54, 1.807) is 6.20 Å². The predicted octanol–water partition coefficient (Wildman–Crippen LogP) is 2.03. The van der Waals surface area contributed by atoms with Crippen LogP contribution in [-0.2, 0) is 0 Å². The molecule has 0 aliphatic heterocycles. The van der Waals surface area contributed by atoms with E-state index in [0.29, 0.717) is 12.5 Å². The van der Waals surface area contributed by atoms with Crippen molar-refractivity contribution in [2.45, 2.75) is 13.3 Å². The van der Waals surface area contributed by atoms with E-state index < -0.39 is 0 Å². The molecule has 0 aromatic carbocycles. The van der Waals surface area contributed by atoms with Crippen LogP contribution in [0.1, 0.15) is 13.3 Å². The van der Waals surface area contributed by atoms with E-state index in [9.17, 15) is 0 Å². The van der Waals surface area contributed by atoms with Gasteiger partial charge in [0, 0.05) is 6.20 Å². The Kier molecular flexibility index (Phi) is 3.29. The van der Waals surface area contributed by atoms with Crippen LogP contribution in [0.3, 0.4) is 0 Å². The Morgan fingerprint density at radius 1 is 1.64 bits per heavy atom. The van der Waals surface area contributed by atoms with Gasteiger partial charge in [-0.05, 0) is 22.4 Å². The molecule has 1 aromatic heterocycles. The van der Waals surface area contributed by atoms with Gasteiger partial charge < -0.3 is 4.74 Å². The van der Waals surface area contributed by atoms with Gasteiger partial charge in [-0.2, -0.15) is 0 Å². The summed E-state index contributed by atoms with van der Waals surface area (Å²) in [6.45, 7) is 2.74. The van der Waals surface area contributed by atoms with Crippen molar-refractivity contribution in [3.8, 4) is 5.88 Å². The third-order valence-corrected chi connectivity index (χ3v) is 1.62. The molecule has 0 unspecified atom stereocenters. The summed E-state index contributed by atoms with van der Waals surface area (Å²) in [5, 5.41) is 0. The fourth-order valence-electron chi connectivity index (χ4n) is 0.606. The Labute approximate surface area is 73.9 Å². The van der Waals surface area contributed by atoms with E-state index in [0.717, 1.165) is 10.9 Å². The molecule has 0 radical (unpaired) electrons. The second kappa shape index (κ2) is 4.28. The molecule has 0 spiro atoms. The van der Waals surface area contributed by atoms with Crippen LogP contribution in [0.25, 0.3) is 0 Å². The van der Waals surface area contributed by atoms with Gasteiger partial charge in [-0.25, -0.2) is 9.97 Å². The van der Waals surface area contributed by atoms with Gasteiger partial charge in [0.2, 0.25) is 5.88 Å². The SMILES string of the molecule is CCCOc1ncncc1Br. The summed E-state index contributed by atoms with van der Waals surface area (Å²) in [5.41, 5.74) is 0. The third kappa shape index (κ3) is 2.46. The van der Waals surface area contributed by atoms with Gasteiger partial charge in [0.15, 0.2) is 0 Å². The van der Waals surface area contributed by atoms with Crippen molar-refractivity contribution in [2.24, 2.45) is 0 Å². The molecule has 0 saturated carbocycles. The van der Waals surface area contributed by atoms with E-state index in [-0.39, 0.29) is 0 Å². The first kappa shape index (κ1) is 8.46. The first-order chi connectivity index (χ1) is 5.34. The van der Waals surface area contributed by atoms with Gasteiger partial charge >= 0.3 is 0 Å². The minimum absolute atomic E-state index is 0.613.